The molecule has 104 valence electrons. The van der Waals surface area contributed by atoms with Gasteiger partial charge >= 0.3 is 5.97 Å². The fourth-order valence-electron chi connectivity index (χ4n) is 1.94. The van der Waals surface area contributed by atoms with Crippen molar-refractivity contribution in [3.8, 4) is 22.8 Å². The first-order valence-corrected chi connectivity index (χ1v) is 5.84. The van der Waals surface area contributed by atoms with Gasteiger partial charge in [-0.3, -0.25) is 0 Å². The van der Waals surface area contributed by atoms with E-state index in [4.69, 9.17) is 9.47 Å². The summed E-state index contributed by atoms with van der Waals surface area (Å²) in [5, 5.41) is 9.22. The van der Waals surface area contributed by atoms with Gasteiger partial charge in [-0.25, -0.2) is 14.8 Å². The Morgan fingerprint density at radius 3 is 2.50 bits per heavy atom. The molecule has 0 radical (unpaired) electrons. The Balaban J connectivity index is 2.71. The highest BCUT2D eigenvalue weighted by Gasteiger charge is 2.18. The minimum Gasteiger partial charge on any atom is -0.496 e. The zero-order valence-electron chi connectivity index (χ0n) is 11.4. The predicted octanol–water partition coefficient (Wildman–Crippen LogP) is 2.17. The Labute approximate surface area is 116 Å². The van der Waals surface area contributed by atoms with Crippen molar-refractivity contribution >= 4 is 5.97 Å². The molecule has 0 unspecified atom stereocenters. The molecule has 0 amide bonds. The highest BCUT2D eigenvalue weighted by molar-refractivity contribution is 5.95. The molecule has 0 bridgehead atoms. The van der Waals surface area contributed by atoms with E-state index in [1.54, 1.807) is 19.2 Å². The van der Waals surface area contributed by atoms with Gasteiger partial charge in [0.1, 0.15) is 23.4 Å². The summed E-state index contributed by atoms with van der Waals surface area (Å²) in [7, 11) is 3.07. The van der Waals surface area contributed by atoms with Crippen LogP contribution in [0.1, 0.15) is 15.9 Å². The molecule has 1 heterocycles. The molecule has 0 aliphatic carbocycles. The van der Waals surface area contributed by atoms with Crippen LogP contribution in [0.25, 0.3) is 11.3 Å². The van der Waals surface area contributed by atoms with E-state index in [2.05, 4.69) is 9.97 Å². The van der Waals surface area contributed by atoms with Crippen molar-refractivity contribution in [2.45, 2.75) is 6.92 Å². The van der Waals surface area contributed by atoms with Crippen molar-refractivity contribution in [1.82, 2.24) is 9.97 Å². The van der Waals surface area contributed by atoms with Gasteiger partial charge < -0.3 is 14.6 Å². The Morgan fingerprint density at radius 1 is 1.20 bits per heavy atom. The molecule has 20 heavy (non-hydrogen) atoms. The monoisotopic (exact) mass is 274 g/mol. The van der Waals surface area contributed by atoms with Gasteiger partial charge in [-0.1, -0.05) is 0 Å². The molecular formula is C14H14N2O4. The summed E-state index contributed by atoms with van der Waals surface area (Å²) in [6.45, 7) is 1.88. The van der Waals surface area contributed by atoms with Crippen LogP contribution < -0.4 is 9.47 Å². The third kappa shape index (κ3) is 2.40. The van der Waals surface area contributed by atoms with E-state index >= 15 is 0 Å². The number of ether oxygens (including phenoxy) is 2. The van der Waals surface area contributed by atoms with Crippen molar-refractivity contribution in [2.24, 2.45) is 0 Å². The molecule has 2 aromatic rings. The van der Waals surface area contributed by atoms with Crippen LogP contribution in [0.5, 0.6) is 11.5 Å². The lowest BCUT2D eigenvalue weighted by Crippen LogP contribution is -2.04. The van der Waals surface area contributed by atoms with Crippen LogP contribution >= 0.6 is 0 Å². The Kier molecular flexibility index (Phi) is 3.84. The number of carboxylic acids is 1. The number of hydrogen-bond donors (Lipinski definition) is 1. The van der Waals surface area contributed by atoms with Gasteiger partial charge in [0.25, 0.3) is 0 Å². The molecule has 0 spiro atoms. The second-order valence-corrected chi connectivity index (χ2v) is 4.11. The summed E-state index contributed by atoms with van der Waals surface area (Å²) in [6, 6.07) is 3.49. The molecule has 0 aliphatic heterocycles. The minimum absolute atomic E-state index is 0.0108. The number of nitrogens with zero attached hydrogens (tertiary/aromatic N) is 2. The Bertz CT molecular complexity index is 656. The van der Waals surface area contributed by atoms with E-state index in [9.17, 15) is 9.90 Å². The van der Waals surface area contributed by atoms with Gasteiger partial charge in [0.2, 0.25) is 0 Å². The third-order valence-corrected chi connectivity index (χ3v) is 2.91. The summed E-state index contributed by atoms with van der Waals surface area (Å²) in [4.78, 5) is 19.1. The van der Waals surface area contributed by atoms with Crippen LogP contribution in [-0.4, -0.2) is 35.3 Å². The number of carboxylic acid groups (broad SMARTS) is 1. The first-order chi connectivity index (χ1) is 9.58. The van der Waals surface area contributed by atoms with Crippen molar-refractivity contribution in [2.75, 3.05) is 14.2 Å². The van der Waals surface area contributed by atoms with E-state index in [-0.39, 0.29) is 5.56 Å². The van der Waals surface area contributed by atoms with E-state index in [0.29, 0.717) is 22.8 Å². The maximum atomic E-state index is 11.3. The molecule has 6 nitrogen and oxygen atoms in total. The molecule has 1 N–H and O–H groups in total. The molecule has 6 heteroatoms. The fourth-order valence-corrected chi connectivity index (χ4v) is 1.94. The van der Waals surface area contributed by atoms with Crippen LogP contribution in [0, 0.1) is 6.92 Å². The predicted molar refractivity (Wildman–Crippen MR) is 72.3 cm³/mol. The smallest absolute Gasteiger partial charge is 0.339 e. The van der Waals surface area contributed by atoms with Crippen LogP contribution in [-0.2, 0) is 0 Å². The third-order valence-electron chi connectivity index (χ3n) is 2.91. The summed E-state index contributed by atoms with van der Waals surface area (Å²) in [6.07, 6.45) is 2.56. The number of methoxy groups -OCH3 is 2. The first kappa shape index (κ1) is 13.8. The number of aromatic carboxylic acids is 1. The van der Waals surface area contributed by atoms with Gasteiger partial charge in [-0.15, -0.1) is 0 Å². The molecule has 0 saturated heterocycles. The fraction of sp³-hybridized carbons (Fsp3) is 0.214. The number of aromatic nitrogens is 2. The summed E-state index contributed by atoms with van der Waals surface area (Å²) in [5.41, 5.74) is 1.74. The quantitative estimate of drug-likeness (QED) is 0.920. The molecule has 1 aromatic heterocycles. The lowest BCUT2D eigenvalue weighted by molar-refractivity contribution is 0.0697. The molecule has 0 atom stereocenters. The second kappa shape index (κ2) is 5.56. The zero-order valence-corrected chi connectivity index (χ0v) is 11.4. The van der Waals surface area contributed by atoms with Gasteiger partial charge in [-0.05, 0) is 24.6 Å². The maximum Gasteiger partial charge on any atom is 0.339 e. The standard InChI is InChI=1S/C14H14N2O4/c1-8-4-12(20-3)9(5-11(8)19-2)13-10(14(17)18)6-15-7-16-13/h4-7H,1-3H3,(H,17,18). The van der Waals surface area contributed by atoms with Crippen LogP contribution in [0.3, 0.4) is 0 Å². The minimum atomic E-state index is -1.10. The second-order valence-electron chi connectivity index (χ2n) is 4.11. The van der Waals surface area contributed by atoms with Crippen LogP contribution in [0.15, 0.2) is 24.7 Å². The molecule has 1 aromatic carbocycles. The summed E-state index contributed by atoms with van der Waals surface area (Å²) < 4.78 is 10.6. The lowest BCUT2D eigenvalue weighted by atomic mass is 10.0. The number of aryl methyl sites for hydroxylation is 1. The molecule has 0 aliphatic rings. The largest absolute Gasteiger partial charge is 0.496 e. The number of rotatable bonds is 4. The topological polar surface area (TPSA) is 81.5 Å². The highest BCUT2D eigenvalue weighted by atomic mass is 16.5. The van der Waals surface area contributed by atoms with Crippen molar-refractivity contribution in [1.29, 1.82) is 0 Å². The van der Waals surface area contributed by atoms with E-state index in [0.717, 1.165) is 5.56 Å². The molecular weight excluding hydrogens is 260 g/mol. The summed E-state index contributed by atoms with van der Waals surface area (Å²) in [5.74, 6) is 0.0717. The number of carbonyl (C=O) groups is 1. The van der Waals surface area contributed by atoms with E-state index in [1.807, 2.05) is 6.92 Å². The number of benzene rings is 1. The van der Waals surface area contributed by atoms with Gasteiger partial charge in [0, 0.05) is 11.8 Å². The molecule has 0 fully saturated rings. The molecule has 0 saturated carbocycles. The normalized spacial score (nSPS) is 10.2. The van der Waals surface area contributed by atoms with Crippen molar-refractivity contribution < 1.29 is 19.4 Å². The average molecular weight is 274 g/mol. The van der Waals surface area contributed by atoms with Crippen LogP contribution in [0.4, 0.5) is 0 Å². The van der Waals surface area contributed by atoms with Crippen molar-refractivity contribution in [3.05, 3.63) is 35.8 Å². The van der Waals surface area contributed by atoms with Crippen LogP contribution in [0.2, 0.25) is 0 Å². The van der Waals surface area contributed by atoms with E-state index < -0.39 is 5.97 Å². The average Bonchev–Trinajstić information content (AvgIpc) is 2.46. The Morgan fingerprint density at radius 2 is 1.90 bits per heavy atom. The van der Waals surface area contributed by atoms with Gasteiger partial charge in [0.05, 0.1) is 19.9 Å². The molecule has 2 rings (SSSR count). The van der Waals surface area contributed by atoms with Crippen molar-refractivity contribution in [3.63, 3.8) is 0 Å². The lowest BCUT2D eigenvalue weighted by Gasteiger charge is -2.13. The number of hydrogen-bond acceptors (Lipinski definition) is 5. The van der Waals surface area contributed by atoms with Gasteiger partial charge in [0.15, 0.2) is 0 Å². The van der Waals surface area contributed by atoms with Gasteiger partial charge in [-0.2, -0.15) is 0 Å². The maximum absolute atomic E-state index is 11.3. The Hall–Kier alpha value is -2.63. The first-order valence-electron chi connectivity index (χ1n) is 5.84. The highest BCUT2D eigenvalue weighted by Crippen LogP contribution is 2.36. The van der Waals surface area contributed by atoms with E-state index in [1.165, 1.54) is 19.6 Å². The summed E-state index contributed by atoms with van der Waals surface area (Å²) >= 11 is 0. The SMILES string of the molecule is COc1cc(-c2ncncc2C(=O)O)c(OC)cc1C. The zero-order chi connectivity index (χ0) is 14.7.